The van der Waals surface area contributed by atoms with Crippen LogP contribution >= 0.6 is 0 Å². The van der Waals surface area contributed by atoms with Crippen molar-refractivity contribution in [3.05, 3.63) is 40.7 Å². The average molecular weight is 371 g/mol. The quantitative estimate of drug-likeness (QED) is 0.793. The molecule has 1 aliphatic heterocycles. The van der Waals surface area contributed by atoms with E-state index in [0.29, 0.717) is 0 Å². The number of carbonyl (C=O) groups is 2. The summed E-state index contributed by atoms with van der Waals surface area (Å²) < 4.78 is 3.05. The molecule has 2 N–H and O–H groups in total. The third kappa shape index (κ3) is 3.18. The molecule has 0 radical (unpaired) electrons. The van der Waals surface area contributed by atoms with Gasteiger partial charge in [0.1, 0.15) is 0 Å². The van der Waals surface area contributed by atoms with Crippen LogP contribution in [0.15, 0.2) is 29.5 Å². The third-order valence-corrected chi connectivity index (χ3v) is 5.03. The van der Waals surface area contributed by atoms with Crippen molar-refractivity contribution >= 4 is 17.8 Å². The molecule has 1 saturated heterocycles. The topological polar surface area (TPSA) is 114 Å². The summed E-state index contributed by atoms with van der Waals surface area (Å²) in [5.41, 5.74) is 0.463. The Labute approximate surface area is 155 Å². The van der Waals surface area contributed by atoms with Crippen molar-refractivity contribution in [1.29, 1.82) is 0 Å². The molecule has 0 spiro atoms. The zero-order chi connectivity index (χ0) is 19.1. The number of amides is 3. The lowest BCUT2D eigenvalue weighted by Gasteiger charge is -2.28. The van der Waals surface area contributed by atoms with Gasteiger partial charge in [0.2, 0.25) is 11.7 Å². The molecule has 0 bridgehead atoms. The van der Waals surface area contributed by atoms with E-state index in [4.69, 9.17) is 0 Å². The number of rotatable bonds is 4. The molecule has 2 aromatic rings. The van der Waals surface area contributed by atoms with Crippen molar-refractivity contribution in [2.24, 2.45) is 14.1 Å². The van der Waals surface area contributed by atoms with Crippen molar-refractivity contribution < 1.29 is 9.59 Å². The highest BCUT2D eigenvalue weighted by atomic mass is 16.2. The fraction of sp³-hybridized carbons (Fsp3) is 0.471. The molecular weight excluding hydrogens is 350 g/mol. The van der Waals surface area contributed by atoms with E-state index in [1.165, 1.54) is 17.0 Å². The van der Waals surface area contributed by atoms with Gasteiger partial charge < -0.3 is 14.8 Å². The Morgan fingerprint density at radius 1 is 1.22 bits per heavy atom. The van der Waals surface area contributed by atoms with Crippen LogP contribution < -0.4 is 16.2 Å². The smallest absolute Gasteiger partial charge is 0.320 e. The summed E-state index contributed by atoms with van der Waals surface area (Å²) in [4.78, 5) is 42.8. The molecule has 142 valence electrons. The molecule has 2 fully saturated rings. The summed E-state index contributed by atoms with van der Waals surface area (Å²) in [5.74, 6) is -0.0410. The van der Waals surface area contributed by atoms with Crippen LogP contribution in [0.3, 0.4) is 0 Å². The second kappa shape index (κ2) is 6.53. The predicted molar refractivity (Wildman–Crippen MR) is 95.9 cm³/mol. The van der Waals surface area contributed by atoms with E-state index in [0.717, 1.165) is 18.5 Å². The van der Waals surface area contributed by atoms with E-state index in [1.54, 1.807) is 17.9 Å². The van der Waals surface area contributed by atoms with E-state index >= 15 is 0 Å². The molecular formula is C17H21N7O3. The Morgan fingerprint density at radius 3 is 2.67 bits per heavy atom. The number of urea groups is 1. The molecule has 2 aliphatic rings. The number of likely N-dealkylation sites (tertiary alicyclic amines) is 1. The van der Waals surface area contributed by atoms with Gasteiger partial charge >= 0.3 is 6.03 Å². The number of anilines is 1. The number of aryl methyl sites for hydroxylation is 2. The van der Waals surface area contributed by atoms with E-state index in [-0.39, 0.29) is 30.2 Å². The number of nitrogens with zero attached hydrogens (tertiary/aromatic N) is 5. The minimum Gasteiger partial charge on any atom is -0.332 e. The minimum absolute atomic E-state index is 0.0164. The van der Waals surface area contributed by atoms with Crippen LogP contribution in [0.5, 0.6) is 0 Å². The highest BCUT2D eigenvalue weighted by Gasteiger charge is 2.48. The first-order valence-corrected chi connectivity index (χ1v) is 8.84. The summed E-state index contributed by atoms with van der Waals surface area (Å²) >= 11 is 0. The van der Waals surface area contributed by atoms with Gasteiger partial charge in [0, 0.05) is 45.1 Å². The second-order valence-electron chi connectivity index (χ2n) is 6.96. The van der Waals surface area contributed by atoms with Crippen LogP contribution in [0.2, 0.25) is 0 Å². The zero-order valence-corrected chi connectivity index (χ0v) is 15.1. The third-order valence-electron chi connectivity index (χ3n) is 5.03. The van der Waals surface area contributed by atoms with Crippen molar-refractivity contribution in [2.75, 3.05) is 5.32 Å². The highest BCUT2D eigenvalue weighted by molar-refractivity contribution is 5.89. The van der Waals surface area contributed by atoms with Gasteiger partial charge in [-0.3, -0.25) is 19.6 Å². The van der Waals surface area contributed by atoms with Crippen LogP contribution in [0, 0.1) is 0 Å². The Bertz CT molecular complexity index is 946. The average Bonchev–Trinajstić information content (AvgIpc) is 3.29. The van der Waals surface area contributed by atoms with E-state index < -0.39 is 17.6 Å². The maximum atomic E-state index is 12.6. The first-order valence-electron chi connectivity index (χ1n) is 8.84. The lowest BCUT2D eigenvalue weighted by molar-refractivity contribution is -0.129. The lowest BCUT2D eigenvalue weighted by Crippen LogP contribution is -2.43. The van der Waals surface area contributed by atoms with Crippen LogP contribution in [0.4, 0.5) is 10.6 Å². The predicted octanol–water partition coefficient (Wildman–Crippen LogP) is 0.140. The van der Waals surface area contributed by atoms with Gasteiger partial charge in [-0.1, -0.05) is 0 Å². The molecule has 10 heteroatoms. The molecule has 27 heavy (non-hydrogen) atoms. The fourth-order valence-corrected chi connectivity index (χ4v) is 3.59. The van der Waals surface area contributed by atoms with E-state index in [9.17, 15) is 14.4 Å². The molecule has 1 saturated carbocycles. The van der Waals surface area contributed by atoms with Gasteiger partial charge in [-0.25, -0.2) is 9.78 Å². The molecule has 4 rings (SSSR count). The van der Waals surface area contributed by atoms with E-state index in [2.05, 4.69) is 20.7 Å². The Kier molecular flexibility index (Phi) is 4.17. The summed E-state index contributed by atoms with van der Waals surface area (Å²) in [6.45, 7) is 0. The van der Waals surface area contributed by atoms with Gasteiger partial charge in [-0.15, -0.1) is 0 Å². The summed E-state index contributed by atoms with van der Waals surface area (Å²) in [6, 6.07) is 0.819. The number of carbonyl (C=O) groups excluding carboxylic acids is 2. The van der Waals surface area contributed by atoms with Gasteiger partial charge in [-0.2, -0.15) is 5.10 Å². The summed E-state index contributed by atoms with van der Waals surface area (Å²) in [6.07, 6.45) is 6.78. The molecule has 1 aliphatic carbocycles. The number of hydrogen-bond donors (Lipinski definition) is 2. The van der Waals surface area contributed by atoms with E-state index in [1.807, 2.05) is 18.0 Å². The first-order chi connectivity index (χ1) is 13.0. The monoisotopic (exact) mass is 371 g/mol. The van der Waals surface area contributed by atoms with Crippen molar-refractivity contribution in [2.45, 2.75) is 37.4 Å². The molecule has 3 amide bonds. The van der Waals surface area contributed by atoms with Gasteiger partial charge in [0.25, 0.3) is 5.56 Å². The summed E-state index contributed by atoms with van der Waals surface area (Å²) in [7, 11) is 3.40. The molecule has 0 unspecified atom stereocenters. The number of hydrogen-bond acceptors (Lipinski definition) is 5. The van der Waals surface area contributed by atoms with Gasteiger partial charge in [0.05, 0.1) is 17.8 Å². The normalized spacial score (nSPS) is 22.1. The molecule has 0 aromatic carbocycles. The van der Waals surface area contributed by atoms with Crippen molar-refractivity contribution in [1.82, 2.24) is 29.5 Å². The summed E-state index contributed by atoms with van der Waals surface area (Å²) in [5, 5.41) is 9.53. The molecule has 3 heterocycles. The maximum Gasteiger partial charge on any atom is 0.320 e. The van der Waals surface area contributed by atoms with Crippen LogP contribution in [0.25, 0.3) is 0 Å². The zero-order valence-electron chi connectivity index (χ0n) is 15.1. The highest BCUT2D eigenvalue weighted by Crippen LogP contribution is 2.41. The fourth-order valence-electron chi connectivity index (χ4n) is 3.59. The number of nitrogens with one attached hydrogen (secondary N) is 2. The Balaban J connectivity index is 1.55. The van der Waals surface area contributed by atoms with Crippen LogP contribution in [0.1, 0.15) is 31.0 Å². The SMILES string of the molecule is Cn1nccc1[C@H]1[C@H](NC(=O)Nc2nccn(C)c2=O)CC(=O)N1C1CC1. The molecule has 2 aromatic heterocycles. The Hall–Kier alpha value is -3.17. The van der Waals surface area contributed by atoms with Crippen molar-refractivity contribution in [3.8, 4) is 0 Å². The van der Waals surface area contributed by atoms with Crippen LogP contribution in [-0.4, -0.2) is 48.3 Å². The van der Waals surface area contributed by atoms with Gasteiger partial charge in [-0.05, 0) is 18.9 Å². The lowest BCUT2D eigenvalue weighted by atomic mass is 10.1. The number of aromatic nitrogens is 4. The Morgan fingerprint density at radius 2 is 2.00 bits per heavy atom. The van der Waals surface area contributed by atoms with Crippen molar-refractivity contribution in [3.63, 3.8) is 0 Å². The molecule has 2 atom stereocenters. The minimum atomic E-state index is -0.562. The maximum absolute atomic E-state index is 12.6. The second-order valence-corrected chi connectivity index (χ2v) is 6.96. The first kappa shape index (κ1) is 17.3. The standard InChI is InChI=1S/C17H21N7O3/c1-22-8-7-18-15(16(22)26)21-17(27)20-11-9-13(25)24(10-3-4-10)14(11)12-5-6-19-23(12)2/h5-8,10-11,14H,3-4,9H2,1-2H3,(H2,18,20,21,27)/t11-,14-/m1/s1. The largest absolute Gasteiger partial charge is 0.332 e. The molecule has 10 nitrogen and oxygen atoms in total. The van der Waals surface area contributed by atoms with Crippen LogP contribution in [-0.2, 0) is 18.9 Å². The van der Waals surface area contributed by atoms with Gasteiger partial charge in [0.15, 0.2) is 0 Å².